The molecule has 26 heavy (non-hydrogen) atoms. The Morgan fingerprint density at radius 2 is 1.85 bits per heavy atom. The van der Waals surface area contributed by atoms with Crippen LogP contribution in [0.4, 0.5) is 0 Å². The molecule has 3 saturated carbocycles. The van der Waals surface area contributed by atoms with Gasteiger partial charge in [-0.25, -0.2) is 0 Å². The number of carbonyl (C=O) groups excluding carboxylic acids is 1. The van der Waals surface area contributed by atoms with E-state index < -0.39 is 0 Å². The Labute approximate surface area is 166 Å². The molecule has 0 aromatic heterocycles. The molecule has 0 aromatic rings. The first-order valence-electron chi connectivity index (χ1n) is 10.4. The first-order chi connectivity index (χ1) is 12.3. The SMILES string of the molecule is CC(=O)O[C@@H]1C[C@@H]2CCCC[C@]2(C)[C@@H]2C[C@H](O)[C@](C)(C3SCCS3)C[C@H]21. The first-order valence-corrected chi connectivity index (χ1v) is 12.5. The number of esters is 1. The molecule has 0 radical (unpaired) electrons. The highest BCUT2D eigenvalue weighted by molar-refractivity contribution is 8.20. The van der Waals surface area contributed by atoms with Crippen LogP contribution in [-0.2, 0) is 9.53 Å². The zero-order valence-corrected chi connectivity index (χ0v) is 18.0. The summed E-state index contributed by atoms with van der Waals surface area (Å²) in [5.41, 5.74) is 0.251. The van der Waals surface area contributed by atoms with Crippen LogP contribution in [0, 0.1) is 28.6 Å². The van der Waals surface area contributed by atoms with Gasteiger partial charge in [0.2, 0.25) is 0 Å². The van der Waals surface area contributed by atoms with Crippen molar-refractivity contribution in [2.24, 2.45) is 28.6 Å². The Balaban J connectivity index is 1.65. The summed E-state index contributed by atoms with van der Waals surface area (Å²) in [6, 6.07) is 0. The summed E-state index contributed by atoms with van der Waals surface area (Å²) in [5.74, 6) is 3.80. The van der Waals surface area contributed by atoms with E-state index in [2.05, 4.69) is 13.8 Å². The van der Waals surface area contributed by atoms with E-state index in [4.69, 9.17) is 4.74 Å². The van der Waals surface area contributed by atoms with Gasteiger partial charge in [0.15, 0.2) is 0 Å². The maximum absolute atomic E-state index is 11.8. The molecule has 7 atom stereocenters. The fourth-order valence-corrected chi connectivity index (χ4v) is 10.1. The van der Waals surface area contributed by atoms with Crippen molar-refractivity contribution in [1.29, 1.82) is 0 Å². The Kier molecular flexibility index (Phi) is 5.37. The lowest BCUT2D eigenvalue weighted by atomic mass is 9.46. The standard InChI is InChI=1S/C21H34O3S2/c1-13(22)24-17-10-14-6-4-5-7-20(14,2)16-11-18(23)21(3,12-15(16)17)19-25-8-9-26-19/h14-19,23H,4-12H2,1-3H3/t14-,15+,16+,17+,18-,20-,21+/m0/s1. The number of rotatable bonds is 2. The topological polar surface area (TPSA) is 46.5 Å². The van der Waals surface area contributed by atoms with Crippen molar-refractivity contribution >= 4 is 29.5 Å². The van der Waals surface area contributed by atoms with Crippen molar-refractivity contribution in [2.75, 3.05) is 11.5 Å². The highest BCUT2D eigenvalue weighted by atomic mass is 32.2. The highest BCUT2D eigenvalue weighted by Crippen LogP contribution is 2.64. The number of thioether (sulfide) groups is 2. The molecule has 148 valence electrons. The Hall–Kier alpha value is 0.130. The quantitative estimate of drug-likeness (QED) is 0.682. The Morgan fingerprint density at radius 3 is 2.54 bits per heavy atom. The van der Waals surface area contributed by atoms with Gasteiger partial charge in [-0.2, -0.15) is 0 Å². The van der Waals surface area contributed by atoms with E-state index in [0.29, 0.717) is 27.8 Å². The predicted molar refractivity (Wildman–Crippen MR) is 109 cm³/mol. The lowest BCUT2D eigenvalue weighted by molar-refractivity contribution is -0.186. The number of hydrogen-bond donors (Lipinski definition) is 1. The van der Waals surface area contributed by atoms with Crippen molar-refractivity contribution in [3.63, 3.8) is 0 Å². The Bertz CT molecular complexity index is 549. The second kappa shape index (κ2) is 7.18. The third kappa shape index (κ3) is 3.14. The third-order valence-electron chi connectivity index (χ3n) is 8.20. The smallest absolute Gasteiger partial charge is 0.302 e. The molecule has 4 fully saturated rings. The van der Waals surface area contributed by atoms with Crippen molar-refractivity contribution in [3.8, 4) is 0 Å². The fourth-order valence-electron chi connectivity index (χ4n) is 6.72. The van der Waals surface area contributed by atoms with Gasteiger partial charge in [0.05, 0.1) is 10.7 Å². The van der Waals surface area contributed by atoms with Crippen LogP contribution in [0.5, 0.6) is 0 Å². The minimum atomic E-state index is -0.234. The first kappa shape index (κ1) is 19.4. The van der Waals surface area contributed by atoms with E-state index >= 15 is 0 Å². The molecular formula is C21H34O3S2. The molecule has 1 aliphatic heterocycles. The van der Waals surface area contributed by atoms with Crippen molar-refractivity contribution in [3.05, 3.63) is 0 Å². The lowest BCUT2D eigenvalue weighted by Gasteiger charge is -2.61. The maximum Gasteiger partial charge on any atom is 0.302 e. The lowest BCUT2D eigenvalue weighted by Crippen LogP contribution is -2.59. The van der Waals surface area contributed by atoms with E-state index in [1.165, 1.54) is 37.2 Å². The summed E-state index contributed by atoms with van der Waals surface area (Å²) in [6.45, 7) is 6.33. The normalized spacial score (nSPS) is 49.3. The molecule has 5 heteroatoms. The van der Waals surface area contributed by atoms with E-state index in [1.54, 1.807) is 6.92 Å². The fraction of sp³-hybridized carbons (Fsp3) is 0.952. The van der Waals surface area contributed by atoms with Crippen LogP contribution in [0.15, 0.2) is 0 Å². The van der Waals surface area contributed by atoms with E-state index in [-0.39, 0.29) is 23.6 Å². The summed E-state index contributed by atoms with van der Waals surface area (Å²) in [4.78, 5) is 11.8. The molecule has 0 amide bonds. The highest BCUT2D eigenvalue weighted by Gasteiger charge is 2.60. The van der Waals surface area contributed by atoms with Gasteiger partial charge >= 0.3 is 5.97 Å². The van der Waals surface area contributed by atoms with Crippen molar-refractivity contribution in [1.82, 2.24) is 0 Å². The second-order valence-corrected chi connectivity index (χ2v) is 12.4. The van der Waals surface area contributed by atoms with Gasteiger partial charge < -0.3 is 9.84 Å². The molecule has 0 spiro atoms. The van der Waals surface area contributed by atoms with Gasteiger partial charge in [-0.05, 0) is 49.4 Å². The summed E-state index contributed by atoms with van der Waals surface area (Å²) in [6.07, 6.45) is 7.92. The summed E-state index contributed by atoms with van der Waals surface area (Å²) in [7, 11) is 0. The van der Waals surface area contributed by atoms with Gasteiger partial charge in [0.1, 0.15) is 6.10 Å². The summed E-state index contributed by atoms with van der Waals surface area (Å²) >= 11 is 4.05. The van der Waals surface area contributed by atoms with Gasteiger partial charge in [0, 0.05) is 29.8 Å². The van der Waals surface area contributed by atoms with Crippen LogP contribution < -0.4 is 0 Å². The largest absolute Gasteiger partial charge is 0.462 e. The predicted octanol–water partition coefficient (Wildman–Crippen LogP) is 4.72. The number of fused-ring (bicyclic) bond motifs is 3. The molecule has 4 rings (SSSR count). The molecule has 4 aliphatic rings. The number of aliphatic hydroxyl groups is 1. The maximum atomic E-state index is 11.8. The van der Waals surface area contributed by atoms with Crippen molar-refractivity contribution < 1.29 is 14.6 Å². The van der Waals surface area contributed by atoms with E-state index in [9.17, 15) is 9.90 Å². The van der Waals surface area contributed by atoms with Gasteiger partial charge in [0.25, 0.3) is 0 Å². The minimum absolute atomic E-state index is 0.0527. The van der Waals surface area contributed by atoms with E-state index in [1.807, 2.05) is 23.5 Å². The molecule has 0 unspecified atom stereocenters. The molecule has 3 nitrogen and oxygen atoms in total. The molecular weight excluding hydrogens is 364 g/mol. The summed E-state index contributed by atoms with van der Waals surface area (Å²) < 4.78 is 6.39. The number of carbonyl (C=O) groups is 1. The zero-order valence-electron chi connectivity index (χ0n) is 16.4. The molecule has 1 saturated heterocycles. The van der Waals surface area contributed by atoms with Gasteiger partial charge in [-0.1, -0.05) is 26.7 Å². The molecule has 0 aromatic carbocycles. The Morgan fingerprint density at radius 1 is 1.12 bits per heavy atom. The van der Waals surface area contributed by atoms with Gasteiger partial charge in [-0.15, -0.1) is 23.5 Å². The molecule has 3 aliphatic carbocycles. The third-order valence-corrected chi connectivity index (χ3v) is 11.8. The molecule has 1 N–H and O–H groups in total. The number of ether oxygens (including phenoxy) is 1. The van der Waals surface area contributed by atoms with E-state index in [0.717, 1.165) is 19.3 Å². The van der Waals surface area contributed by atoms with Crippen LogP contribution in [-0.4, -0.2) is 39.4 Å². The zero-order chi connectivity index (χ0) is 18.5. The minimum Gasteiger partial charge on any atom is -0.462 e. The molecule has 0 bridgehead atoms. The second-order valence-electron chi connectivity index (χ2n) is 9.64. The average molecular weight is 399 g/mol. The van der Waals surface area contributed by atoms with Crippen LogP contribution in [0.2, 0.25) is 0 Å². The number of hydrogen-bond acceptors (Lipinski definition) is 5. The van der Waals surface area contributed by atoms with Gasteiger partial charge in [-0.3, -0.25) is 4.79 Å². The van der Waals surface area contributed by atoms with Crippen LogP contribution in [0.3, 0.4) is 0 Å². The monoisotopic (exact) mass is 398 g/mol. The summed E-state index contributed by atoms with van der Waals surface area (Å²) in [5, 5.41) is 11.3. The van der Waals surface area contributed by atoms with Crippen LogP contribution >= 0.6 is 23.5 Å². The molecule has 1 heterocycles. The number of aliphatic hydroxyl groups excluding tert-OH is 1. The van der Waals surface area contributed by atoms with Crippen LogP contribution in [0.1, 0.15) is 65.7 Å². The van der Waals surface area contributed by atoms with Crippen LogP contribution in [0.25, 0.3) is 0 Å². The average Bonchev–Trinajstić information content (AvgIpc) is 3.12. The van der Waals surface area contributed by atoms with Crippen molar-refractivity contribution in [2.45, 2.75) is 82.5 Å².